The van der Waals surface area contributed by atoms with E-state index in [1.165, 1.54) is 6.42 Å². The fourth-order valence-electron chi connectivity index (χ4n) is 2.38. The summed E-state index contributed by atoms with van der Waals surface area (Å²) in [5.74, 6) is 0.216. The number of rotatable bonds is 4. The van der Waals surface area contributed by atoms with Gasteiger partial charge in [-0.25, -0.2) is 0 Å². The molecular weight excluding hydrogens is 228 g/mol. The molecule has 2 rings (SSSR count). The number of carbonyl (C=O) groups excluding carboxylic acids is 1. The fraction of sp³-hybridized carbons (Fsp3) is 0.692. The van der Waals surface area contributed by atoms with E-state index in [2.05, 4.69) is 10.4 Å². The van der Waals surface area contributed by atoms with Crippen molar-refractivity contribution in [3.8, 4) is 0 Å². The van der Waals surface area contributed by atoms with Gasteiger partial charge in [0.2, 0.25) is 5.91 Å². The molecule has 0 saturated carbocycles. The van der Waals surface area contributed by atoms with E-state index in [0.717, 1.165) is 37.3 Å². The van der Waals surface area contributed by atoms with Gasteiger partial charge in [-0.15, -0.1) is 0 Å². The van der Waals surface area contributed by atoms with Gasteiger partial charge in [-0.2, -0.15) is 5.10 Å². The third kappa shape index (κ3) is 3.32. The summed E-state index contributed by atoms with van der Waals surface area (Å²) in [5.41, 5.74) is 2.12. The highest BCUT2D eigenvalue weighted by Gasteiger charge is 2.15. The molecule has 1 aliphatic rings. The molecule has 0 aliphatic carbocycles. The Hall–Kier alpha value is -1.36. The van der Waals surface area contributed by atoms with Crippen LogP contribution in [0, 0.1) is 6.92 Å². The lowest BCUT2D eigenvalue weighted by atomic mass is 10.1. The molecule has 1 fully saturated rings. The van der Waals surface area contributed by atoms with E-state index in [1.54, 1.807) is 0 Å². The van der Waals surface area contributed by atoms with Gasteiger partial charge >= 0.3 is 0 Å². The van der Waals surface area contributed by atoms with Crippen molar-refractivity contribution in [1.82, 2.24) is 20.0 Å². The molecular formula is C13H22N4O. The lowest BCUT2D eigenvalue weighted by Gasteiger charge is -2.26. The number of nitrogens with zero attached hydrogens (tertiary/aromatic N) is 3. The summed E-state index contributed by atoms with van der Waals surface area (Å²) in [6, 6.07) is 2.04. The summed E-state index contributed by atoms with van der Waals surface area (Å²) in [4.78, 5) is 13.9. The van der Waals surface area contributed by atoms with E-state index in [4.69, 9.17) is 0 Å². The Balaban J connectivity index is 1.74. The van der Waals surface area contributed by atoms with Gasteiger partial charge < -0.3 is 10.2 Å². The smallest absolute Gasteiger partial charge is 0.236 e. The Bertz CT molecular complexity index is 407. The Morgan fingerprint density at radius 1 is 1.39 bits per heavy atom. The molecule has 1 aliphatic heterocycles. The highest BCUT2D eigenvalue weighted by Crippen LogP contribution is 2.08. The SMILES string of the molecule is Cc1cc(CNCC(=O)N2CCCCC2)n(C)n1. The zero-order chi connectivity index (χ0) is 13.0. The first-order valence-electron chi connectivity index (χ1n) is 6.65. The van der Waals surface area contributed by atoms with Crippen molar-refractivity contribution in [3.63, 3.8) is 0 Å². The van der Waals surface area contributed by atoms with Crippen LogP contribution >= 0.6 is 0 Å². The Morgan fingerprint density at radius 2 is 2.11 bits per heavy atom. The molecule has 0 aromatic carbocycles. The molecule has 1 N–H and O–H groups in total. The summed E-state index contributed by atoms with van der Waals surface area (Å²) in [7, 11) is 1.93. The lowest BCUT2D eigenvalue weighted by molar-refractivity contribution is -0.131. The van der Waals surface area contributed by atoms with Crippen LogP contribution in [0.25, 0.3) is 0 Å². The second kappa shape index (κ2) is 6.00. The predicted octanol–water partition coefficient (Wildman–Crippen LogP) is 0.831. The third-order valence-corrected chi connectivity index (χ3v) is 3.39. The standard InChI is InChI=1S/C13H22N4O/c1-11-8-12(16(2)15-11)9-14-10-13(18)17-6-4-3-5-7-17/h8,14H,3-7,9-10H2,1-2H3. The molecule has 0 spiro atoms. The van der Waals surface area contributed by atoms with Crippen LogP contribution in [0.1, 0.15) is 30.7 Å². The maximum absolute atomic E-state index is 11.9. The quantitative estimate of drug-likeness (QED) is 0.861. The highest BCUT2D eigenvalue weighted by atomic mass is 16.2. The molecule has 0 unspecified atom stereocenters. The van der Waals surface area contributed by atoms with Crippen molar-refractivity contribution >= 4 is 5.91 Å². The van der Waals surface area contributed by atoms with Gasteiger partial charge in [-0.1, -0.05) is 0 Å². The van der Waals surface area contributed by atoms with E-state index in [9.17, 15) is 4.79 Å². The van der Waals surface area contributed by atoms with Crippen LogP contribution in [-0.4, -0.2) is 40.2 Å². The first-order valence-corrected chi connectivity index (χ1v) is 6.65. The van der Waals surface area contributed by atoms with Gasteiger partial charge in [0, 0.05) is 26.7 Å². The number of aromatic nitrogens is 2. The summed E-state index contributed by atoms with van der Waals surface area (Å²) in [5, 5.41) is 7.48. The number of aryl methyl sites for hydroxylation is 2. The van der Waals surface area contributed by atoms with Gasteiger partial charge in [0.1, 0.15) is 0 Å². The molecule has 1 aromatic heterocycles. The van der Waals surface area contributed by atoms with Crippen molar-refractivity contribution < 1.29 is 4.79 Å². The maximum Gasteiger partial charge on any atom is 0.236 e. The molecule has 0 bridgehead atoms. The van der Waals surface area contributed by atoms with Crippen LogP contribution in [0.3, 0.4) is 0 Å². The number of hydrogen-bond acceptors (Lipinski definition) is 3. The van der Waals surface area contributed by atoms with Crippen LogP contribution in [0.4, 0.5) is 0 Å². The minimum absolute atomic E-state index is 0.216. The fourth-order valence-corrected chi connectivity index (χ4v) is 2.38. The Morgan fingerprint density at radius 3 is 2.72 bits per heavy atom. The van der Waals surface area contributed by atoms with Crippen molar-refractivity contribution in [3.05, 3.63) is 17.5 Å². The first kappa shape index (κ1) is 13.1. The maximum atomic E-state index is 11.9. The third-order valence-electron chi connectivity index (χ3n) is 3.39. The number of piperidine rings is 1. The summed E-state index contributed by atoms with van der Waals surface area (Å²) < 4.78 is 1.85. The molecule has 0 atom stereocenters. The number of likely N-dealkylation sites (tertiary alicyclic amines) is 1. The van der Waals surface area contributed by atoms with Crippen LogP contribution < -0.4 is 5.32 Å². The monoisotopic (exact) mass is 250 g/mol. The van der Waals surface area contributed by atoms with Crippen molar-refractivity contribution in [1.29, 1.82) is 0 Å². The second-order valence-electron chi connectivity index (χ2n) is 4.95. The molecule has 1 saturated heterocycles. The van der Waals surface area contributed by atoms with Gasteiger partial charge in [0.15, 0.2) is 0 Å². The average molecular weight is 250 g/mol. The normalized spacial score (nSPS) is 16.0. The second-order valence-corrected chi connectivity index (χ2v) is 4.95. The highest BCUT2D eigenvalue weighted by molar-refractivity contribution is 5.78. The number of carbonyl (C=O) groups is 1. The molecule has 5 heteroatoms. The average Bonchev–Trinajstić information content (AvgIpc) is 2.69. The number of hydrogen-bond donors (Lipinski definition) is 1. The van der Waals surface area contributed by atoms with Gasteiger partial charge in [0.25, 0.3) is 0 Å². The van der Waals surface area contributed by atoms with Gasteiger partial charge in [-0.05, 0) is 32.3 Å². The van der Waals surface area contributed by atoms with E-state index in [0.29, 0.717) is 13.1 Å². The summed E-state index contributed by atoms with van der Waals surface area (Å²) >= 11 is 0. The molecule has 2 heterocycles. The van der Waals surface area contributed by atoms with E-state index < -0.39 is 0 Å². The predicted molar refractivity (Wildman–Crippen MR) is 70.1 cm³/mol. The molecule has 0 radical (unpaired) electrons. The van der Waals surface area contributed by atoms with Crippen LogP contribution in [-0.2, 0) is 18.4 Å². The summed E-state index contributed by atoms with van der Waals surface area (Å²) in [6.45, 7) is 4.93. The van der Waals surface area contributed by atoms with Gasteiger partial charge in [0.05, 0.1) is 17.9 Å². The summed E-state index contributed by atoms with van der Waals surface area (Å²) in [6.07, 6.45) is 3.55. The largest absolute Gasteiger partial charge is 0.342 e. The molecule has 100 valence electrons. The van der Waals surface area contributed by atoms with Crippen molar-refractivity contribution in [2.75, 3.05) is 19.6 Å². The van der Waals surface area contributed by atoms with Crippen molar-refractivity contribution in [2.24, 2.45) is 7.05 Å². The van der Waals surface area contributed by atoms with E-state index in [-0.39, 0.29) is 5.91 Å². The Kier molecular flexibility index (Phi) is 4.36. The van der Waals surface area contributed by atoms with Crippen LogP contribution in [0.2, 0.25) is 0 Å². The Labute approximate surface area is 108 Å². The van der Waals surface area contributed by atoms with Crippen molar-refractivity contribution in [2.45, 2.75) is 32.7 Å². The van der Waals surface area contributed by atoms with Gasteiger partial charge in [-0.3, -0.25) is 9.48 Å². The minimum Gasteiger partial charge on any atom is -0.342 e. The molecule has 5 nitrogen and oxygen atoms in total. The zero-order valence-corrected chi connectivity index (χ0v) is 11.3. The molecule has 18 heavy (non-hydrogen) atoms. The molecule has 1 aromatic rings. The lowest BCUT2D eigenvalue weighted by Crippen LogP contribution is -2.41. The van der Waals surface area contributed by atoms with Crippen LogP contribution in [0.5, 0.6) is 0 Å². The van der Waals surface area contributed by atoms with Crippen LogP contribution in [0.15, 0.2) is 6.07 Å². The van der Waals surface area contributed by atoms with E-state index >= 15 is 0 Å². The first-order chi connectivity index (χ1) is 8.66. The number of amides is 1. The topological polar surface area (TPSA) is 50.2 Å². The number of nitrogens with one attached hydrogen (secondary N) is 1. The molecule has 1 amide bonds. The van der Waals surface area contributed by atoms with E-state index in [1.807, 2.05) is 29.6 Å². The minimum atomic E-state index is 0.216. The zero-order valence-electron chi connectivity index (χ0n) is 11.3.